The Morgan fingerprint density at radius 3 is 2.89 bits per heavy atom. The Balaban J connectivity index is 1.36. The summed E-state index contributed by atoms with van der Waals surface area (Å²) in [5.74, 6) is 2.33. The number of hydrogen-bond donors (Lipinski definition) is 3. The number of hydrogen-bond acceptors (Lipinski definition) is 4. The second-order valence-corrected chi connectivity index (χ2v) is 7.25. The molecule has 3 N–H and O–H groups in total. The first-order valence-corrected chi connectivity index (χ1v) is 9.89. The van der Waals surface area contributed by atoms with Crippen molar-refractivity contribution in [1.29, 1.82) is 0 Å². The predicted molar refractivity (Wildman–Crippen MR) is 109 cm³/mol. The lowest BCUT2D eigenvalue weighted by atomic mass is 9.96. The number of rotatable bonds is 6. The summed E-state index contributed by atoms with van der Waals surface area (Å²) in [6.07, 6.45) is 2.46. The quantitative estimate of drug-likeness (QED) is 0.529. The fraction of sp³-hybridized carbons (Fsp3) is 0.409. The molecule has 0 amide bonds. The zero-order valence-corrected chi connectivity index (χ0v) is 16.2. The molecule has 1 unspecified atom stereocenters. The first-order chi connectivity index (χ1) is 13.7. The van der Waals surface area contributed by atoms with Crippen LogP contribution in [0.5, 0.6) is 11.5 Å². The van der Waals surface area contributed by atoms with Crippen LogP contribution < -0.4 is 20.1 Å². The van der Waals surface area contributed by atoms with Gasteiger partial charge in [-0.05, 0) is 55.0 Å². The lowest BCUT2D eigenvalue weighted by molar-refractivity contribution is 0.0485. The minimum atomic E-state index is -0.879. The van der Waals surface area contributed by atoms with Crippen LogP contribution in [0.1, 0.15) is 30.0 Å². The van der Waals surface area contributed by atoms with Crippen LogP contribution in [0.3, 0.4) is 0 Å². The molecule has 0 saturated carbocycles. The van der Waals surface area contributed by atoms with E-state index in [1.807, 2.05) is 37.3 Å². The number of nitrogens with zero attached hydrogens (tertiary/aromatic N) is 1. The smallest absolute Gasteiger partial charge is 0.231 e. The first-order valence-electron chi connectivity index (χ1n) is 9.89. The number of nitrogens with one attached hydrogen (secondary N) is 2. The third-order valence-electron chi connectivity index (χ3n) is 5.31. The van der Waals surface area contributed by atoms with Gasteiger partial charge in [-0.1, -0.05) is 30.3 Å². The summed E-state index contributed by atoms with van der Waals surface area (Å²) in [5, 5.41) is 17.7. The average Bonchev–Trinajstić information content (AvgIpc) is 3.31. The van der Waals surface area contributed by atoms with E-state index in [1.54, 1.807) is 0 Å². The molecule has 2 aliphatic rings. The largest absolute Gasteiger partial charge is 0.454 e. The molecule has 6 heteroatoms. The minimum absolute atomic E-state index is 0.292. The molecular formula is C22H27N3O3. The topological polar surface area (TPSA) is 75.1 Å². The molecule has 0 fully saturated rings. The van der Waals surface area contributed by atoms with Crippen LogP contribution in [0.2, 0.25) is 0 Å². The van der Waals surface area contributed by atoms with Crippen molar-refractivity contribution in [2.75, 3.05) is 26.4 Å². The molecule has 2 aromatic rings. The Labute approximate surface area is 165 Å². The Bertz CT molecular complexity index is 868. The number of aliphatic hydroxyl groups is 1. The van der Waals surface area contributed by atoms with Crippen molar-refractivity contribution in [1.82, 2.24) is 10.6 Å². The van der Waals surface area contributed by atoms with Crippen molar-refractivity contribution in [2.45, 2.75) is 31.8 Å². The highest BCUT2D eigenvalue weighted by atomic mass is 16.7. The van der Waals surface area contributed by atoms with E-state index in [-0.39, 0.29) is 0 Å². The van der Waals surface area contributed by atoms with Crippen molar-refractivity contribution in [3.63, 3.8) is 0 Å². The fourth-order valence-corrected chi connectivity index (χ4v) is 3.81. The molecule has 1 aliphatic carbocycles. The van der Waals surface area contributed by atoms with Crippen LogP contribution in [0.4, 0.5) is 0 Å². The molecule has 148 valence electrons. The van der Waals surface area contributed by atoms with Crippen LogP contribution in [0, 0.1) is 0 Å². The number of aliphatic imine (C=N–C) groups is 1. The molecule has 0 radical (unpaired) electrons. The van der Waals surface area contributed by atoms with Gasteiger partial charge in [-0.25, -0.2) is 4.99 Å². The van der Waals surface area contributed by atoms with E-state index in [0.717, 1.165) is 49.0 Å². The molecule has 4 rings (SSSR count). The van der Waals surface area contributed by atoms with Gasteiger partial charge in [-0.2, -0.15) is 0 Å². The number of fused-ring (bicyclic) bond motifs is 2. The molecule has 2 aromatic carbocycles. The van der Waals surface area contributed by atoms with E-state index in [0.29, 0.717) is 19.8 Å². The van der Waals surface area contributed by atoms with E-state index in [4.69, 9.17) is 9.47 Å². The zero-order chi connectivity index (χ0) is 19.4. The summed E-state index contributed by atoms with van der Waals surface area (Å²) in [6.45, 7) is 4.18. The lowest BCUT2D eigenvalue weighted by Gasteiger charge is -2.22. The maximum absolute atomic E-state index is 11.1. The van der Waals surface area contributed by atoms with Gasteiger partial charge in [0.2, 0.25) is 6.79 Å². The molecule has 0 aromatic heterocycles. The normalized spacial score (nSPS) is 20.1. The second kappa shape index (κ2) is 8.10. The molecule has 28 heavy (non-hydrogen) atoms. The van der Waals surface area contributed by atoms with Gasteiger partial charge in [0.25, 0.3) is 0 Å². The SMILES string of the molecule is CCNC(=NCC1(O)CCc2ccccc21)NCCc1ccc2c(c1)OCO2. The highest BCUT2D eigenvalue weighted by molar-refractivity contribution is 5.79. The minimum Gasteiger partial charge on any atom is -0.454 e. The number of ether oxygens (including phenoxy) is 2. The first kappa shape index (κ1) is 18.6. The molecule has 1 atom stereocenters. The van der Waals surface area contributed by atoms with E-state index in [1.165, 1.54) is 11.1 Å². The van der Waals surface area contributed by atoms with E-state index < -0.39 is 5.60 Å². The maximum Gasteiger partial charge on any atom is 0.231 e. The maximum atomic E-state index is 11.1. The van der Waals surface area contributed by atoms with E-state index in [9.17, 15) is 5.11 Å². The van der Waals surface area contributed by atoms with Crippen molar-refractivity contribution < 1.29 is 14.6 Å². The van der Waals surface area contributed by atoms with E-state index >= 15 is 0 Å². The standard InChI is InChI=1S/C22H27N3O3/c1-2-23-21(24-12-10-16-7-8-19-20(13-16)28-15-27-19)25-14-22(26)11-9-17-5-3-4-6-18(17)22/h3-8,13,26H,2,9-12,14-15H2,1H3,(H2,23,24,25). The van der Waals surface area contributed by atoms with Gasteiger partial charge in [0.05, 0.1) is 6.54 Å². The van der Waals surface area contributed by atoms with Gasteiger partial charge in [-0.3, -0.25) is 0 Å². The number of guanidine groups is 1. The van der Waals surface area contributed by atoms with Crippen molar-refractivity contribution in [3.8, 4) is 11.5 Å². The number of aryl methyl sites for hydroxylation is 1. The van der Waals surface area contributed by atoms with Gasteiger partial charge in [-0.15, -0.1) is 0 Å². The van der Waals surface area contributed by atoms with Crippen LogP contribution in [0.25, 0.3) is 0 Å². The molecule has 1 heterocycles. The predicted octanol–water partition coefficient (Wildman–Crippen LogP) is 2.35. The molecular weight excluding hydrogens is 354 g/mol. The van der Waals surface area contributed by atoms with Crippen LogP contribution in [-0.4, -0.2) is 37.5 Å². The number of benzene rings is 2. The monoisotopic (exact) mass is 381 g/mol. The molecule has 6 nitrogen and oxygen atoms in total. The van der Waals surface area contributed by atoms with E-state index in [2.05, 4.69) is 27.8 Å². The Morgan fingerprint density at radius 2 is 2.00 bits per heavy atom. The van der Waals surface area contributed by atoms with Gasteiger partial charge in [0.1, 0.15) is 5.60 Å². The van der Waals surface area contributed by atoms with Gasteiger partial charge < -0.3 is 25.2 Å². The van der Waals surface area contributed by atoms with Crippen molar-refractivity contribution in [3.05, 3.63) is 59.2 Å². The lowest BCUT2D eigenvalue weighted by Crippen LogP contribution is -2.39. The highest BCUT2D eigenvalue weighted by Crippen LogP contribution is 2.37. The van der Waals surface area contributed by atoms with Crippen LogP contribution >= 0.6 is 0 Å². The van der Waals surface area contributed by atoms with Crippen LogP contribution in [0.15, 0.2) is 47.5 Å². The summed E-state index contributed by atoms with van der Waals surface area (Å²) in [5.41, 5.74) is 2.53. The van der Waals surface area contributed by atoms with Crippen molar-refractivity contribution in [2.24, 2.45) is 4.99 Å². The fourth-order valence-electron chi connectivity index (χ4n) is 3.81. The average molecular weight is 381 g/mol. The van der Waals surface area contributed by atoms with Gasteiger partial charge in [0, 0.05) is 13.1 Å². The summed E-state index contributed by atoms with van der Waals surface area (Å²) >= 11 is 0. The third kappa shape index (κ3) is 3.92. The molecule has 1 aliphatic heterocycles. The molecule has 0 saturated heterocycles. The van der Waals surface area contributed by atoms with Crippen LogP contribution in [-0.2, 0) is 18.4 Å². The Kier molecular flexibility index (Phi) is 5.39. The molecule has 0 bridgehead atoms. The summed E-state index contributed by atoms with van der Waals surface area (Å²) in [7, 11) is 0. The summed E-state index contributed by atoms with van der Waals surface area (Å²) in [4.78, 5) is 4.65. The van der Waals surface area contributed by atoms with Crippen molar-refractivity contribution >= 4 is 5.96 Å². The Hall–Kier alpha value is -2.73. The molecule has 0 spiro atoms. The Morgan fingerprint density at radius 1 is 1.14 bits per heavy atom. The summed E-state index contributed by atoms with van der Waals surface area (Å²) in [6, 6.07) is 14.1. The third-order valence-corrected chi connectivity index (χ3v) is 5.31. The highest BCUT2D eigenvalue weighted by Gasteiger charge is 2.36. The zero-order valence-electron chi connectivity index (χ0n) is 16.2. The summed E-state index contributed by atoms with van der Waals surface area (Å²) < 4.78 is 10.8. The second-order valence-electron chi connectivity index (χ2n) is 7.25. The van der Waals surface area contributed by atoms with Gasteiger partial charge in [0.15, 0.2) is 17.5 Å². The van der Waals surface area contributed by atoms with Gasteiger partial charge >= 0.3 is 0 Å².